The lowest BCUT2D eigenvalue weighted by atomic mass is 10.0. The SMILES string of the molecule is COc1ccccc1COC1CCN(Cc2cccc3c2NCC3)CC1. The van der Waals surface area contributed by atoms with Crippen molar-refractivity contribution in [1.82, 2.24) is 4.90 Å². The molecule has 4 rings (SSSR count). The Bertz CT molecular complexity index is 739. The lowest BCUT2D eigenvalue weighted by Crippen LogP contribution is -2.36. The first-order valence-electron chi connectivity index (χ1n) is 9.64. The fraction of sp³-hybridized carbons (Fsp3) is 0.455. The van der Waals surface area contributed by atoms with Crippen LogP contribution in [0.4, 0.5) is 5.69 Å². The zero-order valence-corrected chi connectivity index (χ0v) is 15.5. The summed E-state index contributed by atoms with van der Waals surface area (Å²) in [6.45, 7) is 4.94. The summed E-state index contributed by atoms with van der Waals surface area (Å²) in [7, 11) is 1.71. The zero-order chi connectivity index (χ0) is 17.8. The van der Waals surface area contributed by atoms with Crippen LogP contribution in [0.5, 0.6) is 5.75 Å². The van der Waals surface area contributed by atoms with E-state index in [1.165, 1.54) is 16.8 Å². The Morgan fingerprint density at radius 2 is 1.85 bits per heavy atom. The molecule has 0 aromatic heterocycles. The molecule has 2 aromatic rings. The first kappa shape index (κ1) is 17.4. The molecule has 2 aliphatic rings. The number of fused-ring (bicyclic) bond motifs is 1. The Hall–Kier alpha value is -2.04. The van der Waals surface area contributed by atoms with Crippen molar-refractivity contribution in [3.63, 3.8) is 0 Å². The van der Waals surface area contributed by atoms with E-state index in [1.54, 1.807) is 7.11 Å². The molecular weight excluding hydrogens is 324 g/mol. The Morgan fingerprint density at radius 3 is 2.69 bits per heavy atom. The summed E-state index contributed by atoms with van der Waals surface area (Å²) >= 11 is 0. The second-order valence-electron chi connectivity index (χ2n) is 7.23. The molecule has 138 valence electrons. The number of para-hydroxylation sites is 2. The normalized spacial score (nSPS) is 17.7. The van der Waals surface area contributed by atoms with Crippen LogP contribution in [0, 0.1) is 0 Å². The summed E-state index contributed by atoms with van der Waals surface area (Å²) in [5.74, 6) is 0.912. The van der Waals surface area contributed by atoms with Gasteiger partial charge in [-0.3, -0.25) is 4.90 Å². The third-order valence-corrected chi connectivity index (χ3v) is 5.53. The molecule has 0 spiro atoms. The van der Waals surface area contributed by atoms with Gasteiger partial charge in [-0.25, -0.2) is 0 Å². The van der Waals surface area contributed by atoms with Crippen LogP contribution in [0.1, 0.15) is 29.5 Å². The number of nitrogens with one attached hydrogen (secondary N) is 1. The predicted molar refractivity (Wildman–Crippen MR) is 105 cm³/mol. The number of rotatable bonds is 6. The fourth-order valence-electron chi connectivity index (χ4n) is 4.05. The van der Waals surface area contributed by atoms with Crippen molar-refractivity contribution >= 4 is 5.69 Å². The smallest absolute Gasteiger partial charge is 0.124 e. The number of hydrogen-bond acceptors (Lipinski definition) is 4. The van der Waals surface area contributed by atoms with E-state index in [-0.39, 0.29) is 0 Å². The minimum absolute atomic E-state index is 0.343. The molecule has 0 aliphatic carbocycles. The van der Waals surface area contributed by atoms with Gasteiger partial charge in [-0.2, -0.15) is 0 Å². The average molecular weight is 352 g/mol. The van der Waals surface area contributed by atoms with Gasteiger partial charge < -0.3 is 14.8 Å². The number of ether oxygens (including phenoxy) is 2. The highest BCUT2D eigenvalue weighted by atomic mass is 16.5. The van der Waals surface area contributed by atoms with Gasteiger partial charge in [0.15, 0.2) is 0 Å². The van der Waals surface area contributed by atoms with E-state index < -0.39 is 0 Å². The second-order valence-corrected chi connectivity index (χ2v) is 7.23. The molecule has 0 unspecified atom stereocenters. The molecule has 4 nitrogen and oxygen atoms in total. The summed E-state index contributed by atoms with van der Waals surface area (Å²) in [6, 6.07) is 14.8. The van der Waals surface area contributed by atoms with Crippen LogP contribution in [0.15, 0.2) is 42.5 Å². The Kier molecular flexibility index (Phi) is 5.42. The maximum atomic E-state index is 6.17. The van der Waals surface area contributed by atoms with Gasteiger partial charge in [0, 0.05) is 37.4 Å². The third-order valence-electron chi connectivity index (χ3n) is 5.53. The van der Waals surface area contributed by atoms with Gasteiger partial charge in [0.25, 0.3) is 0 Å². The summed E-state index contributed by atoms with van der Waals surface area (Å²) in [4.78, 5) is 2.55. The molecule has 2 aliphatic heterocycles. The molecule has 0 amide bonds. The van der Waals surface area contributed by atoms with E-state index in [4.69, 9.17) is 9.47 Å². The molecule has 1 fully saturated rings. The molecule has 0 bridgehead atoms. The van der Waals surface area contributed by atoms with Crippen molar-refractivity contribution in [2.24, 2.45) is 0 Å². The van der Waals surface area contributed by atoms with E-state index >= 15 is 0 Å². The minimum atomic E-state index is 0.343. The molecule has 0 radical (unpaired) electrons. The second kappa shape index (κ2) is 8.11. The summed E-state index contributed by atoms with van der Waals surface area (Å²) in [6.07, 6.45) is 3.69. The van der Waals surface area contributed by atoms with Crippen molar-refractivity contribution in [1.29, 1.82) is 0 Å². The number of piperidine rings is 1. The van der Waals surface area contributed by atoms with Crippen LogP contribution < -0.4 is 10.1 Å². The van der Waals surface area contributed by atoms with Crippen molar-refractivity contribution < 1.29 is 9.47 Å². The van der Waals surface area contributed by atoms with Crippen LogP contribution in [0.25, 0.3) is 0 Å². The number of methoxy groups -OCH3 is 1. The van der Waals surface area contributed by atoms with Gasteiger partial charge in [-0.05, 0) is 36.5 Å². The van der Waals surface area contributed by atoms with Gasteiger partial charge in [0.1, 0.15) is 5.75 Å². The monoisotopic (exact) mass is 352 g/mol. The maximum Gasteiger partial charge on any atom is 0.124 e. The first-order chi connectivity index (χ1) is 12.8. The number of anilines is 1. The highest BCUT2D eigenvalue weighted by Gasteiger charge is 2.22. The third kappa shape index (κ3) is 3.87. The van der Waals surface area contributed by atoms with E-state index in [0.29, 0.717) is 12.7 Å². The number of benzene rings is 2. The lowest BCUT2D eigenvalue weighted by Gasteiger charge is -2.32. The molecule has 4 heteroatoms. The van der Waals surface area contributed by atoms with Crippen molar-refractivity contribution in [3.05, 3.63) is 59.2 Å². The van der Waals surface area contributed by atoms with Gasteiger partial charge in [0.2, 0.25) is 0 Å². The molecule has 1 saturated heterocycles. The number of nitrogens with zero attached hydrogens (tertiary/aromatic N) is 1. The van der Waals surface area contributed by atoms with Crippen LogP contribution in [-0.4, -0.2) is 37.7 Å². The molecule has 1 N–H and O–H groups in total. The standard InChI is InChI=1S/C22H28N2O2/c1-25-21-8-3-2-5-19(21)16-26-20-10-13-24(14-11-20)15-18-7-4-6-17-9-12-23-22(17)18/h2-8,20,23H,9-16H2,1H3. The fourth-order valence-corrected chi connectivity index (χ4v) is 4.05. The van der Waals surface area contributed by atoms with Gasteiger partial charge in [0.05, 0.1) is 19.8 Å². The van der Waals surface area contributed by atoms with Crippen molar-refractivity contribution in [2.45, 2.75) is 38.5 Å². The summed E-state index contributed by atoms with van der Waals surface area (Å²) in [5, 5.41) is 3.55. The van der Waals surface area contributed by atoms with Gasteiger partial charge in [-0.1, -0.05) is 36.4 Å². The minimum Gasteiger partial charge on any atom is -0.496 e. The first-order valence-corrected chi connectivity index (χ1v) is 9.64. The van der Waals surface area contributed by atoms with E-state index in [1.807, 2.05) is 18.2 Å². The van der Waals surface area contributed by atoms with Crippen LogP contribution in [0.3, 0.4) is 0 Å². The Balaban J connectivity index is 1.27. The molecule has 2 aromatic carbocycles. The molecule has 2 heterocycles. The maximum absolute atomic E-state index is 6.17. The van der Waals surface area contributed by atoms with E-state index in [9.17, 15) is 0 Å². The van der Waals surface area contributed by atoms with E-state index in [2.05, 4.69) is 34.5 Å². The molecule has 0 atom stereocenters. The molecule has 26 heavy (non-hydrogen) atoms. The largest absolute Gasteiger partial charge is 0.496 e. The number of hydrogen-bond donors (Lipinski definition) is 1. The molecule has 0 saturated carbocycles. The van der Waals surface area contributed by atoms with E-state index in [0.717, 1.165) is 56.8 Å². The lowest BCUT2D eigenvalue weighted by molar-refractivity contribution is -0.00452. The van der Waals surface area contributed by atoms with Crippen LogP contribution >= 0.6 is 0 Å². The summed E-state index contributed by atoms with van der Waals surface area (Å²) < 4.78 is 11.6. The highest BCUT2D eigenvalue weighted by molar-refractivity contribution is 5.61. The van der Waals surface area contributed by atoms with Crippen molar-refractivity contribution in [3.8, 4) is 5.75 Å². The highest BCUT2D eigenvalue weighted by Crippen LogP contribution is 2.28. The van der Waals surface area contributed by atoms with Crippen LogP contribution in [0.2, 0.25) is 0 Å². The zero-order valence-electron chi connectivity index (χ0n) is 15.5. The molecular formula is C22H28N2O2. The van der Waals surface area contributed by atoms with Crippen LogP contribution in [-0.2, 0) is 24.3 Å². The van der Waals surface area contributed by atoms with Gasteiger partial charge in [-0.15, -0.1) is 0 Å². The average Bonchev–Trinajstić information content (AvgIpc) is 3.17. The Morgan fingerprint density at radius 1 is 1.04 bits per heavy atom. The Labute approximate surface area is 156 Å². The van der Waals surface area contributed by atoms with Crippen molar-refractivity contribution in [2.75, 3.05) is 32.1 Å². The topological polar surface area (TPSA) is 33.7 Å². The number of likely N-dealkylation sites (tertiary alicyclic amines) is 1. The van der Waals surface area contributed by atoms with Gasteiger partial charge >= 0.3 is 0 Å². The quantitative estimate of drug-likeness (QED) is 0.856. The predicted octanol–water partition coefficient (Wildman–Crippen LogP) is 3.84. The summed E-state index contributed by atoms with van der Waals surface area (Å²) in [5.41, 5.74) is 5.41.